The van der Waals surface area contributed by atoms with Crippen LogP contribution in [0.15, 0.2) is 48.5 Å². The molecule has 0 heterocycles. The fourth-order valence-electron chi connectivity index (χ4n) is 2.23. The average molecular weight is 284 g/mol. The second-order valence-electron chi connectivity index (χ2n) is 6.96. The number of hydrogen-bond acceptors (Lipinski definition) is 1. The van der Waals surface area contributed by atoms with E-state index in [4.69, 9.17) is 0 Å². The van der Waals surface area contributed by atoms with Gasteiger partial charge < -0.3 is 0 Å². The van der Waals surface area contributed by atoms with Crippen molar-refractivity contribution in [1.29, 1.82) is 0 Å². The van der Waals surface area contributed by atoms with Crippen LogP contribution in [0.2, 0.25) is 0 Å². The molecule has 0 atom stereocenters. The largest absolute Gasteiger partial charge is 0.168 e. The molecule has 2 aromatic rings. The molecule has 0 amide bonds. The molecule has 0 nitrogen and oxygen atoms in total. The van der Waals surface area contributed by atoms with Crippen LogP contribution in [0, 0.1) is 0 Å². The van der Waals surface area contributed by atoms with E-state index in [9.17, 15) is 0 Å². The van der Waals surface area contributed by atoms with Gasteiger partial charge in [0.05, 0.1) is 0 Å². The summed E-state index contributed by atoms with van der Waals surface area (Å²) in [5.74, 6) is 0. The zero-order valence-electron chi connectivity index (χ0n) is 13.1. The monoisotopic (exact) mass is 284 g/mol. The van der Waals surface area contributed by atoms with E-state index in [2.05, 4.69) is 95.8 Å². The number of thiol groups is 1. The lowest BCUT2D eigenvalue weighted by atomic mass is 9.86. The lowest BCUT2D eigenvalue weighted by molar-refractivity contribution is 0.590. The Bertz CT molecular complexity index is 508. The molecule has 0 aliphatic carbocycles. The van der Waals surface area contributed by atoms with Gasteiger partial charge in [0.25, 0.3) is 0 Å². The Morgan fingerprint density at radius 2 is 0.950 bits per heavy atom. The third-order valence-electron chi connectivity index (χ3n) is 3.68. The zero-order valence-corrected chi connectivity index (χ0v) is 14.0. The third-order valence-corrected chi connectivity index (χ3v) is 3.93. The quantitative estimate of drug-likeness (QED) is 0.660. The van der Waals surface area contributed by atoms with Crippen LogP contribution in [0.25, 0.3) is 11.1 Å². The van der Waals surface area contributed by atoms with Crippen LogP contribution >= 0.6 is 12.6 Å². The van der Waals surface area contributed by atoms with E-state index >= 15 is 0 Å². The van der Waals surface area contributed by atoms with Crippen molar-refractivity contribution in [1.82, 2.24) is 0 Å². The number of rotatable bonds is 2. The molecule has 0 saturated carbocycles. The molecule has 0 bridgehead atoms. The lowest BCUT2D eigenvalue weighted by Gasteiger charge is -2.20. The van der Waals surface area contributed by atoms with Gasteiger partial charge in [0.15, 0.2) is 0 Å². The van der Waals surface area contributed by atoms with Crippen molar-refractivity contribution in [2.24, 2.45) is 0 Å². The minimum atomic E-state index is -0.0887. The highest BCUT2D eigenvalue weighted by atomic mass is 32.1. The summed E-state index contributed by atoms with van der Waals surface area (Å²) >= 11 is 4.61. The van der Waals surface area contributed by atoms with Crippen LogP contribution in [-0.4, -0.2) is 0 Å². The van der Waals surface area contributed by atoms with E-state index in [1.165, 1.54) is 22.3 Å². The molecule has 0 unspecified atom stereocenters. The van der Waals surface area contributed by atoms with Crippen LogP contribution in [0.3, 0.4) is 0 Å². The molecule has 1 heteroatoms. The van der Waals surface area contributed by atoms with Gasteiger partial charge in [-0.1, -0.05) is 69.3 Å². The van der Waals surface area contributed by atoms with Crippen molar-refractivity contribution in [2.75, 3.05) is 0 Å². The highest BCUT2D eigenvalue weighted by Crippen LogP contribution is 2.30. The Balaban J connectivity index is 2.29. The highest BCUT2D eigenvalue weighted by Gasteiger charge is 2.15. The van der Waals surface area contributed by atoms with Gasteiger partial charge in [0, 0.05) is 4.75 Å². The van der Waals surface area contributed by atoms with Crippen molar-refractivity contribution >= 4 is 12.6 Å². The first kappa shape index (κ1) is 15.2. The predicted octanol–water partition coefficient (Wildman–Crippen LogP) is 5.82. The topological polar surface area (TPSA) is 0 Å². The molecule has 0 aromatic heterocycles. The molecule has 106 valence electrons. The van der Waals surface area contributed by atoms with E-state index in [0.29, 0.717) is 0 Å². The molecule has 0 spiro atoms. The zero-order chi connectivity index (χ0) is 15.0. The van der Waals surface area contributed by atoms with Crippen molar-refractivity contribution < 1.29 is 0 Å². The molecule has 0 fully saturated rings. The minimum Gasteiger partial charge on any atom is -0.168 e. The predicted molar refractivity (Wildman–Crippen MR) is 92.6 cm³/mol. The third kappa shape index (κ3) is 3.46. The summed E-state index contributed by atoms with van der Waals surface area (Å²) in [6.07, 6.45) is 0. The average Bonchev–Trinajstić information content (AvgIpc) is 2.37. The van der Waals surface area contributed by atoms with Crippen LogP contribution in [0.5, 0.6) is 0 Å². The smallest absolute Gasteiger partial charge is 0.0322 e. The fraction of sp³-hybridized carbons (Fsp3) is 0.368. The van der Waals surface area contributed by atoms with E-state index in [1.54, 1.807) is 0 Å². The van der Waals surface area contributed by atoms with Crippen LogP contribution < -0.4 is 0 Å². The van der Waals surface area contributed by atoms with Crippen LogP contribution in [-0.2, 0) is 10.2 Å². The minimum absolute atomic E-state index is 0.0887. The Labute approximate surface area is 128 Å². The summed E-state index contributed by atoms with van der Waals surface area (Å²) in [7, 11) is 0. The lowest BCUT2D eigenvalue weighted by Crippen LogP contribution is -2.10. The number of benzene rings is 2. The molecule has 2 aromatic carbocycles. The van der Waals surface area contributed by atoms with Crippen molar-refractivity contribution in [3.05, 3.63) is 59.7 Å². The molecule has 0 saturated heterocycles. The van der Waals surface area contributed by atoms with Gasteiger partial charge in [0.2, 0.25) is 0 Å². The summed E-state index contributed by atoms with van der Waals surface area (Å²) in [6, 6.07) is 17.6. The molecular weight excluding hydrogens is 260 g/mol. The standard InChI is InChI=1S/C19H24S/c1-18(2,3)16-10-6-14(7-11-16)15-8-12-17(13-9-15)19(4,5)20/h6-13,20H,1-5H3. The molecule has 0 radical (unpaired) electrons. The van der Waals surface area contributed by atoms with Crippen molar-refractivity contribution in [2.45, 2.75) is 44.8 Å². The van der Waals surface area contributed by atoms with Gasteiger partial charge in [-0.25, -0.2) is 0 Å². The molecule has 0 aliphatic rings. The number of hydrogen-bond donors (Lipinski definition) is 1. The maximum Gasteiger partial charge on any atom is 0.0322 e. The molecule has 2 rings (SSSR count). The second-order valence-corrected chi connectivity index (χ2v) is 8.08. The first-order valence-corrected chi connectivity index (χ1v) is 7.56. The van der Waals surface area contributed by atoms with Crippen LogP contribution in [0.4, 0.5) is 0 Å². The molecule has 0 N–H and O–H groups in total. The van der Waals surface area contributed by atoms with Gasteiger partial charge in [-0.2, -0.15) is 12.6 Å². The molecular formula is C19H24S. The normalized spacial score (nSPS) is 12.5. The Kier molecular flexibility index (Phi) is 4.02. The first-order valence-electron chi connectivity index (χ1n) is 7.12. The van der Waals surface area contributed by atoms with Gasteiger partial charge in [-0.15, -0.1) is 0 Å². The summed E-state index contributed by atoms with van der Waals surface area (Å²) in [4.78, 5) is 0. The summed E-state index contributed by atoms with van der Waals surface area (Å²) < 4.78 is -0.0887. The van der Waals surface area contributed by atoms with Gasteiger partial charge in [-0.3, -0.25) is 0 Å². The Morgan fingerprint density at radius 3 is 1.25 bits per heavy atom. The van der Waals surface area contributed by atoms with Crippen molar-refractivity contribution in [3.63, 3.8) is 0 Å². The van der Waals surface area contributed by atoms with Gasteiger partial charge in [-0.05, 0) is 41.5 Å². The Hall–Kier alpha value is -1.21. The van der Waals surface area contributed by atoms with Crippen LogP contribution in [0.1, 0.15) is 45.7 Å². The van der Waals surface area contributed by atoms with Gasteiger partial charge >= 0.3 is 0 Å². The summed E-state index contributed by atoms with van der Waals surface area (Å²) in [5, 5.41) is 0. The molecule has 0 aliphatic heterocycles. The van der Waals surface area contributed by atoms with Gasteiger partial charge in [0.1, 0.15) is 0 Å². The summed E-state index contributed by atoms with van der Waals surface area (Å²) in [6.45, 7) is 11.0. The maximum atomic E-state index is 4.61. The fourth-order valence-corrected chi connectivity index (χ4v) is 2.38. The molecule has 20 heavy (non-hydrogen) atoms. The van der Waals surface area contributed by atoms with E-state index in [1.807, 2.05) is 0 Å². The maximum absolute atomic E-state index is 4.61. The second kappa shape index (κ2) is 5.29. The summed E-state index contributed by atoms with van der Waals surface area (Å²) in [5.41, 5.74) is 5.34. The van der Waals surface area contributed by atoms with Crippen molar-refractivity contribution in [3.8, 4) is 11.1 Å². The van der Waals surface area contributed by atoms with E-state index in [0.717, 1.165) is 0 Å². The first-order chi connectivity index (χ1) is 9.18. The SMILES string of the molecule is CC(C)(C)c1ccc(-c2ccc(C(C)(C)S)cc2)cc1. The highest BCUT2D eigenvalue weighted by molar-refractivity contribution is 7.81. The Morgan fingerprint density at radius 1 is 0.600 bits per heavy atom. The van der Waals surface area contributed by atoms with E-state index < -0.39 is 0 Å². The van der Waals surface area contributed by atoms with E-state index in [-0.39, 0.29) is 10.2 Å².